The molecule has 0 atom stereocenters. The number of carbonyl (C=O) groups excluding carboxylic acids is 2. The summed E-state index contributed by atoms with van der Waals surface area (Å²) in [7, 11) is 0. The highest BCUT2D eigenvalue weighted by atomic mass is 35.5. The van der Waals surface area contributed by atoms with Crippen LogP contribution in [0, 0.1) is 12.3 Å². The normalized spacial score (nSPS) is 9.92. The fourth-order valence-corrected chi connectivity index (χ4v) is 2.39. The van der Waals surface area contributed by atoms with Crippen molar-refractivity contribution in [2.45, 2.75) is 19.3 Å². The molecule has 2 aromatic rings. The highest BCUT2D eigenvalue weighted by molar-refractivity contribution is 6.30. The molecule has 0 fully saturated rings. The van der Waals surface area contributed by atoms with Gasteiger partial charge in [-0.3, -0.25) is 9.59 Å². The fraction of sp³-hybridized carbons (Fsp3) is 0.200. The Morgan fingerprint density at radius 3 is 2.56 bits per heavy atom. The molecule has 2 amide bonds. The first-order valence-electron chi connectivity index (χ1n) is 7.94. The highest BCUT2D eigenvalue weighted by Crippen LogP contribution is 2.12. The van der Waals surface area contributed by atoms with Gasteiger partial charge in [0.1, 0.15) is 0 Å². The minimum absolute atomic E-state index is 0.0694. The van der Waals surface area contributed by atoms with Crippen molar-refractivity contribution in [2.24, 2.45) is 0 Å². The Hall–Kier alpha value is -2.77. The van der Waals surface area contributed by atoms with Gasteiger partial charge in [0, 0.05) is 22.7 Å². The van der Waals surface area contributed by atoms with Gasteiger partial charge in [-0.25, -0.2) is 0 Å². The van der Waals surface area contributed by atoms with E-state index in [0.29, 0.717) is 29.1 Å². The maximum atomic E-state index is 11.9. The van der Waals surface area contributed by atoms with Crippen molar-refractivity contribution in [3.05, 3.63) is 64.7 Å². The molecule has 5 heteroatoms. The number of anilines is 1. The van der Waals surface area contributed by atoms with Crippen LogP contribution in [0.4, 0.5) is 5.69 Å². The van der Waals surface area contributed by atoms with Crippen molar-refractivity contribution in [2.75, 3.05) is 11.9 Å². The maximum Gasteiger partial charge on any atom is 0.243 e. The van der Waals surface area contributed by atoms with Crippen molar-refractivity contribution >= 4 is 29.1 Å². The second-order valence-corrected chi connectivity index (χ2v) is 5.97. The third kappa shape index (κ3) is 6.70. The van der Waals surface area contributed by atoms with Crippen LogP contribution in [0.5, 0.6) is 0 Å². The molecule has 0 heterocycles. The standard InChI is InChI=1S/C20H19ClN2O2/c1-2-15-5-3-7-18(13-15)23-20(25)14-22-19(24)8-4-6-16-9-11-17(21)12-10-16/h1,3,5,7,9-13H,4,6,8,14H2,(H,22,24)(H,23,25). The lowest BCUT2D eigenvalue weighted by Crippen LogP contribution is -2.32. The van der Waals surface area contributed by atoms with Crippen LogP contribution >= 0.6 is 11.6 Å². The van der Waals surface area contributed by atoms with Crippen LogP contribution in [-0.2, 0) is 16.0 Å². The Bertz CT molecular complexity index is 779. The van der Waals surface area contributed by atoms with Gasteiger partial charge in [-0.05, 0) is 48.7 Å². The van der Waals surface area contributed by atoms with E-state index in [1.807, 2.05) is 24.3 Å². The van der Waals surface area contributed by atoms with Gasteiger partial charge in [0.2, 0.25) is 11.8 Å². The third-order valence-electron chi connectivity index (χ3n) is 3.54. The Labute approximate surface area is 152 Å². The van der Waals surface area contributed by atoms with Gasteiger partial charge in [0.05, 0.1) is 6.54 Å². The fourth-order valence-electron chi connectivity index (χ4n) is 2.26. The number of amides is 2. The molecule has 4 nitrogen and oxygen atoms in total. The lowest BCUT2D eigenvalue weighted by molar-refractivity contribution is -0.124. The van der Waals surface area contributed by atoms with Crippen LogP contribution < -0.4 is 10.6 Å². The summed E-state index contributed by atoms with van der Waals surface area (Å²) in [6, 6.07) is 14.5. The number of benzene rings is 2. The second-order valence-electron chi connectivity index (χ2n) is 5.53. The summed E-state index contributed by atoms with van der Waals surface area (Å²) < 4.78 is 0. The summed E-state index contributed by atoms with van der Waals surface area (Å²) in [5.41, 5.74) is 2.42. The third-order valence-corrected chi connectivity index (χ3v) is 3.79. The Morgan fingerprint density at radius 2 is 1.84 bits per heavy atom. The average molecular weight is 355 g/mol. The van der Waals surface area contributed by atoms with E-state index < -0.39 is 0 Å². The number of carbonyl (C=O) groups is 2. The molecule has 0 aliphatic rings. The topological polar surface area (TPSA) is 58.2 Å². The van der Waals surface area contributed by atoms with E-state index in [2.05, 4.69) is 16.6 Å². The van der Waals surface area contributed by atoms with E-state index in [9.17, 15) is 9.59 Å². The molecule has 0 aliphatic carbocycles. The zero-order chi connectivity index (χ0) is 18.1. The molecule has 2 N–H and O–H groups in total. The van der Waals surface area contributed by atoms with E-state index in [1.165, 1.54) is 0 Å². The zero-order valence-corrected chi connectivity index (χ0v) is 14.5. The average Bonchev–Trinajstić information content (AvgIpc) is 2.62. The van der Waals surface area contributed by atoms with E-state index in [1.54, 1.807) is 24.3 Å². The van der Waals surface area contributed by atoms with Gasteiger partial charge >= 0.3 is 0 Å². The molecule has 0 unspecified atom stereocenters. The van der Waals surface area contributed by atoms with E-state index >= 15 is 0 Å². The molecule has 0 saturated heterocycles. The summed E-state index contributed by atoms with van der Waals surface area (Å²) in [4.78, 5) is 23.7. The summed E-state index contributed by atoms with van der Waals surface area (Å²) in [5.74, 6) is 2.06. The number of aryl methyl sites for hydroxylation is 1. The first-order chi connectivity index (χ1) is 12.1. The number of rotatable bonds is 7. The molecule has 0 aromatic heterocycles. The summed E-state index contributed by atoms with van der Waals surface area (Å²) in [6.07, 6.45) is 7.18. The van der Waals surface area contributed by atoms with Crippen molar-refractivity contribution in [3.63, 3.8) is 0 Å². The summed E-state index contributed by atoms with van der Waals surface area (Å²) in [5, 5.41) is 6.01. The van der Waals surface area contributed by atoms with Gasteiger partial charge in [0.25, 0.3) is 0 Å². The monoisotopic (exact) mass is 354 g/mol. The first-order valence-corrected chi connectivity index (χ1v) is 8.32. The number of halogens is 1. The molecule has 0 aliphatic heterocycles. The minimum atomic E-state index is -0.291. The molecule has 0 bridgehead atoms. The second kappa shape index (κ2) is 9.51. The van der Waals surface area contributed by atoms with Crippen molar-refractivity contribution < 1.29 is 9.59 Å². The SMILES string of the molecule is C#Cc1cccc(NC(=O)CNC(=O)CCCc2ccc(Cl)cc2)c1. The molecule has 0 spiro atoms. The molecule has 2 aromatic carbocycles. The predicted octanol–water partition coefficient (Wildman–Crippen LogP) is 3.40. The predicted molar refractivity (Wildman–Crippen MR) is 100 cm³/mol. The van der Waals surface area contributed by atoms with Gasteiger partial charge in [0.15, 0.2) is 0 Å². The number of nitrogens with one attached hydrogen (secondary N) is 2. The quantitative estimate of drug-likeness (QED) is 0.749. The molecule has 0 saturated carbocycles. The molecular formula is C20H19ClN2O2. The van der Waals surface area contributed by atoms with E-state index in [4.69, 9.17) is 18.0 Å². The lowest BCUT2D eigenvalue weighted by atomic mass is 10.1. The number of terminal acetylenes is 1. The lowest BCUT2D eigenvalue weighted by Gasteiger charge is -2.07. The Kier molecular flexibility index (Phi) is 7.06. The number of hydrogen-bond acceptors (Lipinski definition) is 2. The Balaban J connectivity index is 1.67. The van der Waals surface area contributed by atoms with Gasteiger partial charge in [-0.1, -0.05) is 35.7 Å². The zero-order valence-electron chi connectivity index (χ0n) is 13.7. The Morgan fingerprint density at radius 1 is 1.08 bits per heavy atom. The first kappa shape index (κ1) is 18.6. The van der Waals surface area contributed by atoms with Crippen LogP contribution in [0.25, 0.3) is 0 Å². The maximum absolute atomic E-state index is 11.9. The largest absolute Gasteiger partial charge is 0.347 e. The number of hydrogen-bond donors (Lipinski definition) is 2. The van der Waals surface area contributed by atoms with Gasteiger partial charge in [-0.15, -0.1) is 6.42 Å². The molecule has 128 valence electrons. The van der Waals surface area contributed by atoms with Crippen LogP contribution in [0.15, 0.2) is 48.5 Å². The van der Waals surface area contributed by atoms with E-state index in [-0.39, 0.29) is 18.4 Å². The van der Waals surface area contributed by atoms with Crippen molar-refractivity contribution in [1.29, 1.82) is 0 Å². The van der Waals surface area contributed by atoms with Gasteiger partial charge in [-0.2, -0.15) is 0 Å². The highest BCUT2D eigenvalue weighted by Gasteiger charge is 2.06. The smallest absolute Gasteiger partial charge is 0.243 e. The molecular weight excluding hydrogens is 336 g/mol. The summed E-state index contributed by atoms with van der Waals surface area (Å²) >= 11 is 5.83. The van der Waals surface area contributed by atoms with Crippen LogP contribution in [0.2, 0.25) is 5.02 Å². The molecule has 2 rings (SSSR count). The summed E-state index contributed by atoms with van der Waals surface area (Å²) in [6.45, 7) is -0.0694. The van der Waals surface area contributed by atoms with Crippen LogP contribution in [0.3, 0.4) is 0 Å². The van der Waals surface area contributed by atoms with Crippen molar-refractivity contribution in [3.8, 4) is 12.3 Å². The van der Waals surface area contributed by atoms with Gasteiger partial charge < -0.3 is 10.6 Å². The minimum Gasteiger partial charge on any atom is -0.347 e. The van der Waals surface area contributed by atoms with Crippen LogP contribution in [-0.4, -0.2) is 18.4 Å². The van der Waals surface area contributed by atoms with Crippen molar-refractivity contribution in [1.82, 2.24) is 5.32 Å². The molecule has 25 heavy (non-hydrogen) atoms. The molecule has 0 radical (unpaired) electrons. The van der Waals surface area contributed by atoms with E-state index in [0.717, 1.165) is 12.0 Å². The van der Waals surface area contributed by atoms with Crippen LogP contribution in [0.1, 0.15) is 24.0 Å².